The van der Waals surface area contributed by atoms with Crippen LogP contribution in [-0.4, -0.2) is 38.9 Å². The summed E-state index contributed by atoms with van der Waals surface area (Å²) in [6.45, 7) is 4.61. The summed E-state index contributed by atoms with van der Waals surface area (Å²) in [4.78, 5) is 14.7. The number of ether oxygens (including phenoxy) is 1. The van der Waals surface area contributed by atoms with Crippen LogP contribution in [0.2, 0.25) is 0 Å². The molecule has 0 aliphatic carbocycles. The van der Waals surface area contributed by atoms with Crippen molar-refractivity contribution in [3.05, 3.63) is 59.2 Å². The van der Waals surface area contributed by atoms with Crippen LogP contribution in [0.1, 0.15) is 35.3 Å². The number of nitrogens with zero attached hydrogens (tertiary/aromatic N) is 1. The van der Waals surface area contributed by atoms with E-state index in [0.29, 0.717) is 18.7 Å². The van der Waals surface area contributed by atoms with Gasteiger partial charge in [0, 0.05) is 24.7 Å². The molecule has 0 atom stereocenters. The maximum Gasteiger partial charge on any atom is 0.254 e. The van der Waals surface area contributed by atoms with Gasteiger partial charge < -0.3 is 9.64 Å². The van der Waals surface area contributed by atoms with E-state index in [1.807, 2.05) is 18.2 Å². The Morgan fingerprint density at radius 1 is 1.15 bits per heavy atom. The van der Waals surface area contributed by atoms with Gasteiger partial charge in [0.25, 0.3) is 5.91 Å². The van der Waals surface area contributed by atoms with Crippen molar-refractivity contribution in [1.82, 2.24) is 9.62 Å². The minimum atomic E-state index is -3.78. The Labute approximate surface area is 160 Å². The van der Waals surface area contributed by atoms with Gasteiger partial charge in [0.1, 0.15) is 10.6 Å². The van der Waals surface area contributed by atoms with Crippen LogP contribution in [0.3, 0.4) is 0 Å². The normalized spacial score (nSPS) is 14.1. The highest BCUT2D eigenvalue weighted by Gasteiger charge is 2.26. The molecule has 2 aromatic carbocycles. The maximum atomic E-state index is 13.0. The summed E-state index contributed by atoms with van der Waals surface area (Å²) >= 11 is 0. The zero-order chi connectivity index (χ0) is 19.6. The number of rotatable bonds is 5. The minimum Gasteiger partial charge on any atom is -0.495 e. The quantitative estimate of drug-likeness (QED) is 0.854. The number of nitrogens with one attached hydrogen (secondary N) is 1. The molecule has 1 N–H and O–H groups in total. The predicted molar refractivity (Wildman–Crippen MR) is 103 cm³/mol. The number of methoxy groups -OCH3 is 1. The lowest BCUT2D eigenvalue weighted by Gasteiger charge is -2.29. The van der Waals surface area contributed by atoms with Gasteiger partial charge in [-0.05, 0) is 49.6 Å². The number of fused-ring (bicyclic) bond motifs is 1. The molecule has 27 heavy (non-hydrogen) atoms. The number of sulfonamides is 1. The van der Waals surface area contributed by atoms with Crippen LogP contribution in [0.4, 0.5) is 0 Å². The van der Waals surface area contributed by atoms with Crippen molar-refractivity contribution in [3.63, 3.8) is 0 Å². The van der Waals surface area contributed by atoms with E-state index in [9.17, 15) is 13.2 Å². The zero-order valence-corrected chi connectivity index (χ0v) is 16.5. The van der Waals surface area contributed by atoms with Gasteiger partial charge in [0.05, 0.1) is 7.11 Å². The molecule has 0 bridgehead atoms. The van der Waals surface area contributed by atoms with E-state index in [1.165, 1.54) is 24.8 Å². The van der Waals surface area contributed by atoms with Crippen molar-refractivity contribution in [2.45, 2.75) is 37.8 Å². The fraction of sp³-hybridized carbons (Fsp3) is 0.350. The summed E-state index contributed by atoms with van der Waals surface area (Å²) in [5.41, 5.74) is 2.71. The van der Waals surface area contributed by atoms with Gasteiger partial charge in [0.2, 0.25) is 10.0 Å². The van der Waals surface area contributed by atoms with E-state index in [-0.39, 0.29) is 22.6 Å². The average molecular weight is 388 g/mol. The summed E-state index contributed by atoms with van der Waals surface area (Å²) in [7, 11) is -2.37. The molecule has 6 nitrogen and oxygen atoms in total. The van der Waals surface area contributed by atoms with E-state index in [2.05, 4.69) is 10.8 Å². The van der Waals surface area contributed by atoms with E-state index in [0.717, 1.165) is 12.0 Å². The average Bonchev–Trinajstić information content (AvgIpc) is 2.65. The second-order valence-electron chi connectivity index (χ2n) is 6.89. The Bertz CT molecular complexity index is 954. The number of hydrogen-bond acceptors (Lipinski definition) is 4. The van der Waals surface area contributed by atoms with Gasteiger partial charge >= 0.3 is 0 Å². The molecule has 0 aromatic heterocycles. The minimum absolute atomic E-state index is 0.0260. The smallest absolute Gasteiger partial charge is 0.254 e. The largest absolute Gasteiger partial charge is 0.495 e. The molecule has 0 saturated carbocycles. The predicted octanol–water partition coefficient (Wildman–Crippen LogP) is 2.58. The van der Waals surface area contributed by atoms with Crippen molar-refractivity contribution in [2.24, 2.45) is 0 Å². The molecule has 1 aliphatic rings. The van der Waals surface area contributed by atoms with Gasteiger partial charge in [0.15, 0.2) is 0 Å². The van der Waals surface area contributed by atoms with Gasteiger partial charge in [-0.25, -0.2) is 13.1 Å². The molecule has 1 amide bonds. The summed E-state index contributed by atoms with van der Waals surface area (Å²) in [5.74, 6) is 0.0249. The van der Waals surface area contributed by atoms with E-state index >= 15 is 0 Å². The second kappa shape index (κ2) is 7.70. The summed E-state index contributed by atoms with van der Waals surface area (Å²) in [6, 6.07) is 12.3. The first-order chi connectivity index (χ1) is 12.8. The molecule has 1 heterocycles. The molecule has 0 fully saturated rings. The Morgan fingerprint density at radius 2 is 1.85 bits per heavy atom. The Kier molecular flexibility index (Phi) is 5.53. The number of hydrogen-bond donors (Lipinski definition) is 1. The first-order valence-electron chi connectivity index (χ1n) is 8.88. The van der Waals surface area contributed by atoms with Gasteiger partial charge in [-0.2, -0.15) is 0 Å². The molecule has 0 unspecified atom stereocenters. The maximum absolute atomic E-state index is 13.0. The lowest BCUT2D eigenvalue weighted by molar-refractivity contribution is 0.0734. The van der Waals surface area contributed by atoms with Crippen molar-refractivity contribution < 1.29 is 17.9 Å². The summed E-state index contributed by atoms with van der Waals surface area (Å²) in [5, 5.41) is 0. The number of carbonyl (C=O) groups is 1. The molecule has 3 rings (SSSR count). The lowest BCUT2D eigenvalue weighted by atomic mass is 9.99. The first kappa shape index (κ1) is 19.4. The second-order valence-corrected chi connectivity index (χ2v) is 8.57. The van der Waals surface area contributed by atoms with Crippen LogP contribution in [-0.2, 0) is 23.0 Å². The summed E-state index contributed by atoms with van der Waals surface area (Å²) < 4.78 is 33.0. The molecule has 0 radical (unpaired) electrons. The number of benzene rings is 2. The fourth-order valence-corrected chi connectivity index (χ4v) is 4.69. The highest BCUT2D eigenvalue weighted by Crippen LogP contribution is 2.27. The Morgan fingerprint density at radius 3 is 2.52 bits per heavy atom. The molecule has 1 aliphatic heterocycles. The van der Waals surface area contributed by atoms with Crippen LogP contribution in [0, 0.1) is 0 Å². The summed E-state index contributed by atoms with van der Waals surface area (Å²) in [6.07, 6.45) is 0.790. The third kappa shape index (κ3) is 4.14. The molecule has 0 saturated heterocycles. The highest BCUT2D eigenvalue weighted by molar-refractivity contribution is 7.89. The number of carbonyl (C=O) groups excluding carboxylic acids is 1. The van der Waals surface area contributed by atoms with E-state index in [4.69, 9.17) is 4.74 Å². The highest BCUT2D eigenvalue weighted by atomic mass is 32.2. The van der Waals surface area contributed by atoms with Crippen molar-refractivity contribution in [2.75, 3.05) is 13.7 Å². The zero-order valence-electron chi connectivity index (χ0n) is 15.7. The molecular formula is C20H24N2O4S. The Hall–Kier alpha value is -2.38. The molecule has 144 valence electrons. The topological polar surface area (TPSA) is 75.7 Å². The van der Waals surface area contributed by atoms with Crippen LogP contribution < -0.4 is 9.46 Å². The monoisotopic (exact) mass is 388 g/mol. The Balaban J connectivity index is 1.91. The molecule has 7 heteroatoms. The van der Waals surface area contributed by atoms with Crippen LogP contribution in [0.5, 0.6) is 5.75 Å². The third-order valence-electron chi connectivity index (χ3n) is 4.51. The van der Waals surface area contributed by atoms with E-state index in [1.54, 1.807) is 24.8 Å². The van der Waals surface area contributed by atoms with Crippen molar-refractivity contribution in [3.8, 4) is 5.75 Å². The van der Waals surface area contributed by atoms with Crippen LogP contribution in [0.15, 0.2) is 47.4 Å². The van der Waals surface area contributed by atoms with Gasteiger partial charge in [-0.15, -0.1) is 0 Å². The lowest BCUT2D eigenvalue weighted by Crippen LogP contribution is -2.36. The first-order valence-corrected chi connectivity index (χ1v) is 10.4. The van der Waals surface area contributed by atoms with Gasteiger partial charge in [-0.3, -0.25) is 4.79 Å². The van der Waals surface area contributed by atoms with Crippen LogP contribution >= 0.6 is 0 Å². The molecular weight excluding hydrogens is 364 g/mol. The standard InChI is InChI=1S/C20H24N2O4S/c1-14(2)21-27(24,25)19-12-16(8-9-18(19)26-3)20(23)22-11-10-15-6-4-5-7-17(15)13-22/h4-9,12,14,21H,10-11,13H2,1-3H3. The molecule has 0 spiro atoms. The number of amides is 1. The van der Waals surface area contributed by atoms with Crippen molar-refractivity contribution in [1.29, 1.82) is 0 Å². The van der Waals surface area contributed by atoms with Crippen molar-refractivity contribution >= 4 is 15.9 Å². The SMILES string of the molecule is COc1ccc(C(=O)N2CCc3ccccc3C2)cc1S(=O)(=O)NC(C)C. The van der Waals surface area contributed by atoms with Crippen LogP contribution in [0.25, 0.3) is 0 Å². The van der Waals surface area contributed by atoms with Gasteiger partial charge in [-0.1, -0.05) is 24.3 Å². The fourth-order valence-electron chi connectivity index (χ4n) is 3.25. The third-order valence-corrected chi connectivity index (χ3v) is 6.19. The van der Waals surface area contributed by atoms with E-state index < -0.39 is 10.0 Å². The molecule has 2 aromatic rings.